The summed E-state index contributed by atoms with van der Waals surface area (Å²) < 4.78 is 12.0. The maximum atomic E-state index is 9.38. The van der Waals surface area contributed by atoms with Crippen molar-refractivity contribution in [2.24, 2.45) is 5.92 Å². The Morgan fingerprint density at radius 3 is 2.70 bits per heavy atom. The maximum Gasteiger partial charge on any atom is 0.0892 e. The number of rotatable bonds is 7. The normalized spacial score (nSPS) is 29.5. The summed E-state index contributed by atoms with van der Waals surface area (Å²) >= 11 is 0. The first-order valence-corrected chi connectivity index (χ1v) is 7.29. The minimum atomic E-state index is -0.120. The third-order valence-electron chi connectivity index (χ3n) is 3.94. The van der Waals surface area contributed by atoms with E-state index >= 15 is 0 Å². The molecular formula is C17H24O3. The van der Waals surface area contributed by atoms with Crippen molar-refractivity contribution in [2.75, 3.05) is 6.61 Å². The molecule has 0 bridgehead atoms. The Kier molecular flexibility index (Phi) is 5.77. The molecule has 1 heterocycles. The molecule has 0 spiro atoms. The zero-order chi connectivity index (χ0) is 14.4. The lowest BCUT2D eigenvalue weighted by Gasteiger charge is -2.21. The van der Waals surface area contributed by atoms with Gasteiger partial charge in [-0.25, -0.2) is 0 Å². The van der Waals surface area contributed by atoms with Crippen LogP contribution in [0.4, 0.5) is 0 Å². The summed E-state index contributed by atoms with van der Waals surface area (Å²) in [5.41, 5.74) is 1.16. The molecule has 1 aromatic carbocycles. The molecule has 1 N–H and O–H groups in total. The second-order valence-electron chi connectivity index (χ2n) is 5.38. The molecule has 0 aliphatic carbocycles. The summed E-state index contributed by atoms with van der Waals surface area (Å²) in [4.78, 5) is 0. The Hall–Kier alpha value is -1.16. The molecule has 0 saturated carbocycles. The largest absolute Gasteiger partial charge is 0.394 e. The van der Waals surface area contributed by atoms with Gasteiger partial charge in [0.2, 0.25) is 0 Å². The van der Waals surface area contributed by atoms with Crippen LogP contribution in [-0.4, -0.2) is 30.0 Å². The van der Waals surface area contributed by atoms with Crippen molar-refractivity contribution in [3.05, 3.63) is 48.6 Å². The van der Waals surface area contributed by atoms with Gasteiger partial charge in [0.05, 0.1) is 31.5 Å². The molecule has 1 fully saturated rings. The molecule has 3 nitrogen and oxygen atoms in total. The van der Waals surface area contributed by atoms with E-state index in [4.69, 9.17) is 9.47 Å². The van der Waals surface area contributed by atoms with Crippen LogP contribution in [0.15, 0.2) is 43.0 Å². The average molecular weight is 276 g/mol. The molecule has 0 radical (unpaired) electrons. The van der Waals surface area contributed by atoms with Crippen LogP contribution < -0.4 is 0 Å². The minimum absolute atomic E-state index is 0.0345. The average Bonchev–Trinajstić information content (AvgIpc) is 2.79. The fraction of sp³-hybridized carbons (Fsp3) is 0.529. The Labute approximate surface area is 121 Å². The van der Waals surface area contributed by atoms with Gasteiger partial charge in [0, 0.05) is 5.92 Å². The van der Waals surface area contributed by atoms with Gasteiger partial charge < -0.3 is 14.6 Å². The lowest BCUT2D eigenvalue weighted by molar-refractivity contribution is -0.0403. The van der Waals surface area contributed by atoms with Crippen LogP contribution in [0.3, 0.4) is 0 Å². The molecular weight excluding hydrogens is 252 g/mol. The Bertz CT molecular complexity index is 404. The van der Waals surface area contributed by atoms with Crippen molar-refractivity contribution in [1.82, 2.24) is 0 Å². The molecule has 4 atom stereocenters. The van der Waals surface area contributed by atoms with Crippen LogP contribution in [0.1, 0.15) is 25.3 Å². The molecule has 110 valence electrons. The van der Waals surface area contributed by atoms with E-state index in [-0.39, 0.29) is 30.8 Å². The lowest BCUT2D eigenvalue weighted by Crippen LogP contribution is -2.29. The summed E-state index contributed by atoms with van der Waals surface area (Å²) in [5, 5.41) is 9.38. The van der Waals surface area contributed by atoms with Gasteiger partial charge in [-0.1, -0.05) is 43.3 Å². The van der Waals surface area contributed by atoms with Gasteiger partial charge in [0.1, 0.15) is 0 Å². The van der Waals surface area contributed by atoms with Crippen LogP contribution in [-0.2, 0) is 16.1 Å². The summed E-state index contributed by atoms with van der Waals surface area (Å²) in [6, 6.07) is 10.1. The van der Waals surface area contributed by atoms with E-state index in [9.17, 15) is 5.11 Å². The van der Waals surface area contributed by atoms with Crippen molar-refractivity contribution in [1.29, 1.82) is 0 Å². The van der Waals surface area contributed by atoms with Gasteiger partial charge in [-0.05, 0) is 18.4 Å². The predicted octanol–water partition coefficient (Wildman–Crippen LogP) is 2.93. The molecule has 4 unspecified atom stereocenters. The smallest absolute Gasteiger partial charge is 0.0892 e. The van der Waals surface area contributed by atoms with Crippen LogP contribution in [0.5, 0.6) is 0 Å². The van der Waals surface area contributed by atoms with Gasteiger partial charge in [-0.3, -0.25) is 0 Å². The third kappa shape index (κ3) is 3.69. The molecule has 1 aromatic rings. The van der Waals surface area contributed by atoms with E-state index in [2.05, 4.69) is 25.6 Å². The molecule has 3 heteroatoms. The molecule has 1 aliphatic rings. The number of ether oxygens (including phenoxy) is 2. The predicted molar refractivity (Wildman–Crippen MR) is 79.4 cm³/mol. The topological polar surface area (TPSA) is 38.7 Å². The summed E-state index contributed by atoms with van der Waals surface area (Å²) in [5.74, 6) is 0.207. The fourth-order valence-electron chi connectivity index (χ4n) is 2.73. The number of hydrogen-bond acceptors (Lipinski definition) is 3. The Balaban J connectivity index is 1.96. The number of hydrogen-bond donors (Lipinski definition) is 1. The molecule has 1 saturated heterocycles. The zero-order valence-corrected chi connectivity index (χ0v) is 12.1. The molecule has 20 heavy (non-hydrogen) atoms. The van der Waals surface area contributed by atoms with Crippen molar-refractivity contribution in [3.8, 4) is 0 Å². The van der Waals surface area contributed by atoms with Gasteiger partial charge in [-0.2, -0.15) is 0 Å². The number of aliphatic hydroxyl groups is 1. The van der Waals surface area contributed by atoms with E-state index in [1.54, 1.807) is 0 Å². The van der Waals surface area contributed by atoms with E-state index in [1.807, 2.05) is 24.3 Å². The van der Waals surface area contributed by atoms with Crippen molar-refractivity contribution in [3.63, 3.8) is 0 Å². The van der Waals surface area contributed by atoms with Crippen molar-refractivity contribution < 1.29 is 14.6 Å². The van der Waals surface area contributed by atoms with Crippen molar-refractivity contribution in [2.45, 2.75) is 44.7 Å². The molecule has 1 aliphatic heterocycles. The SMILES string of the molecule is C=CCCC1OC(CO)C(C)C1OCc1ccccc1. The highest BCUT2D eigenvalue weighted by molar-refractivity contribution is 5.13. The first kappa shape index (κ1) is 15.2. The van der Waals surface area contributed by atoms with Gasteiger partial charge in [0.25, 0.3) is 0 Å². The number of allylic oxidation sites excluding steroid dienone is 1. The summed E-state index contributed by atoms with van der Waals surface area (Å²) in [6.45, 7) is 6.48. The molecule has 2 rings (SSSR count). The Morgan fingerprint density at radius 2 is 2.05 bits per heavy atom. The first-order valence-electron chi connectivity index (χ1n) is 7.29. The van der Waals surface area contributed by atoms with Gasteiger partial charge in [0.15, 0.2) is 0 Å². The van der Waals surface area contributed by atoms with Crippen LogP contribution in [0, 0.1) is 5.92 Å². The second kappa shape index (κ2) is 7.58. The first-order chi connectivity index (χ1) is 9.76. The van der Waals surface area contributed by atoms with Gasteiger partial charge in [-0.15, -0.1) is 6.58 Å². The Morgan fingerprint density at radius 1 is 1.30 bits per heavy atom. The lowest BCUT2D eigenvalue weighted by atomic mass is 9.96. The molecule has 0 amide bonds. The highest BCUT2D eigenvalue weighted by atomic mass is 16.6. The monoisotopic (exact) mass is 276 g/mol. The van der Waals surface area contributed by atoms with E-state index in [0.717, 1.165) is 18.4 Å². The third-order valence-corrected chi connectivity index (χ3v) is 3.94. The zero-order valence-electron chi connectivity index (χ0n) is 12.1. The highest BCUT2D eigenvalue weighted by Crippen LogP contribution is 2.32. The van der Waals surface area contributed by atoms with Crippen LogP contribution in [0.2, 0.25) is 0 Å². The fourth-order valence-corrected chi connectivity index (χ4v) is 2.73. The van der Waals surface area contributed by atoms with E-state index in [1.165, 1.54) is 0 Å². The highest BCUT2D eigenvalue weighted by Gasteiger charge is 2.41. The minimum Gasteiger partial charge on any atom is -0.394 e. The van der Waals surface area contributed by atoms with E-state index in [0.29, 0.717) is 6.61 Å². The molecule has 0 aromatic heterocycles. The standard InChI is InChI=1S/C17H24O3/c1-3-4-10-15-17(13(2)16(11-18)20-15)19-12-14-8-6-5-7-9-14/h3,5-9,13,15-18H,1,4,10-12H2,2H3. The maximum absolute atomic E-state index is 9.38. The van der Waals surface area contributed by atoms with Crippen molar-refractivity contribution >= 4 is 0 Å². The quantitative estimate of drug-likeness (QED) is 0.778. The summed E-state index contributed by atoms with van der Waals surface area (Å²) in [7, 11) is 0. The van der Waals surface area contributed by atoms with Crippen LogP contribution >= 0.6 is 0 Å². The van der Waals surface area contributed by atoms with E-state index < -0.39 is 0 Å². The van der Waals surface area contributed by atoms with Gasteiger partial charge >= 0.3 is 0 Å². The van der Waals surface area contributed by atoms with Crippen LogP contribution in [0.25, 0.3) is 0 Å². The number of benzene rings is 1. The number of aliphatic hydroxyl groups excluding tert-OH is 1. The summed E-state index contributed by atoms with van der Waals surface area (Å²) in [6.07, 6.45) is 3.65. The second-order valence-corrected chi connectivity index (χ2v) is 5.38.